The van der Waals surface area contributed by atoms with Gasteiger partial charge in [0.1, 0.15) is 0 Å². The number of carboxylic acids is 1. The van der Waals surface area contributed by atoms with Crippen molar-refractivity contribution in [2.24, 2.45) is 0 Å². The number of carboxylic acid groups (broad SMARTS) is 1. The van der Waals surface area contributed by atoms with Crippen molar-refractivity contribution in [1.82, 2.24) is 0 Å². The Kier molecular flexibility index (Phi) is 4.84. The number of aliphatic hydroxyl groups excluding tert-OH is 1. The lowest BCUT2D eigenvalue weighted by Crippen LogP contribution is -2.34. The summed E-state index contributed by atoms with van der Waals surface area (Å²) in [7, 11) is 0. The first-order valence-corrected chi connectivity index (χ1v) is 7.39. The van der Waals surface area contributed by atoms with Crippen LogP contribution in [0.1, 0.15) is 48.4 Å². The highest BCUT2D eigenvalue weighted by Crippen LogP contribution is 2.40. The molecule has 22 heavy (non-hydrogen) atoms. The maximum absolute atomic E-state index is 10.5. The number of carbonyl (C=O) groups is 1. The normalized spacial score (nSPS) is 24.8. The number of rotatable bonds is 4. The van der Waals surface area contributed by atoms with Crippen LogP contribution in [0.3, 0.4) is 0 Å². The molecule has 3 N–H and O–H groups in total. The SMILES string of the molecule is C[C@@H]1C[C@@](C)(O)Cc2ccc(CO)c(C=CC=CC(=O)O)c21. The maximum atomic E-state index is 10.5. The zero-order valence-electron chi connectivity index (χ0n) is 12.9. The Morgan fingerprint density at radius 1 is 1.41 bits per heavy atom. The molecule has 0 saturated heterocycles. The molecule has 1 aliphatic rings. The van der Waals surface area contributed by atoms with Gasteiger partial charge in [0, 0.05) is 12.5 Å². The summed E-state index contributed by atoms with van der Waals surface area (Å²) in [5, 5.41) is 28.5. The molecule has 0 fully saturated rings. The maximum Gasteiger partial charge on any atom is 0.328 e. The third kappa shape index (κ3) is 3.64. The molecular weight excluding hydrogens is 280 g/mol. The summed E-state index contributed by atoms with van der Waals surface area (Å²) in [6, 6.07) is 3.84. The van der Waals surface area contributed by atoms with Crippen LogP contribution in [-0.4, -0.2) is 26.9 Å². The first-order chi connectivity index (χ1) is 10.3. The van der Waals surface area contributed by atoms with E-state index in [4.69, 9.17) is 5.11 Å². The third-order valence-corrected chi connectivity index (χ3v) is 4.06. The van der Waals surface area contributed by atoms with Gasteiger partial charge in [0.05, 0.1) is 12.2 Å². The molecule has 2 atom stereocenters. The quantitative estimate of drug-likeness (QED) is 0.590. The molecule has 0 unspecified atom stereocenters. The first-order valence-electron chi connectivity index (χ1n) is 7.39. The number of benzene rings is 1. The molecule has 4 heteroatoms. The minimum Gasteiger partial charge on any atom is -0.478 e. The van der Waals surface area contributed by atoms with Crippen molar-refractivity contribution < 1.29 is 20.1 Å². The fourth-order valence-corrected chi connectivity index (χ4v) is 3.33. The predicted molar refractivity (Wildman–Crippen MR) is 85.5 cm³/mol. The number of hydrogen-bond acceptors (Lipinski definition) is 3. The highest BCUT2D eigenvalue weighted by molar-refractivity contribution is 5.80. The molecule has 0 amide bonds. The summed E-state index contributed by atoms with van der Waals surface area (Å²) < 4.78 is 0. The van der Waals surface area contributed by atoms with Crippen LogP contribution >= 0.6 is 0 Å². The fourth-order valence-electron chi connectivity index (χ4n) is 3.33. The zero-order chi connectivity index (χ0) is 16.3. The van der Waals surface area contributed by atoms with E-state index in [9.17, 15) is 15.0 Å². The first kappa shape index (κ1) is 16.5. The number of aliphatic hydroxyl groups is 2. The van der Waals surface area contributed by atoms with Gasteiger partial charge in [0.2, 0.25) is 0 Å². The van der Waals surface area contributed by atoms with E-state index in [1.165, 1.54) is 6.08 Å². The smallest absolute Gasteiger partial charge is 0.328 e. The highest BCUT2D eigenvalue weighted by Gasteiger charge is 2.33. The molecule has 0 spiro atoms. The van der Waals surface area contributed by atoms with Gasteiger partial charge in [-0.3, -0.25) is 0 Å². The summed E-state index contributed by atoms with van der Waals surface area (Å²) in [5.41, 5.74) is 3.25. The molecule has 0 heterocycles. The van der Waals surface area contributed by atoms with Crippen molar-refractivity contribution in [3.63, 3.8) is 0 Å². The van der Waals surface area contributed by atoms with Crippen molar-refractivity contribution in [2.75, 3.05) is 0 Å². The highest BCUT2D eigenvalue weighted by atomic mass is 16.4. The van der Waals surface area contributed by atoms with E-state index < -0.39 is 11.6 Å². The molecule has 4 nitrogen and oxygen atoms in total. The van der Waals surface area contributed by atoms with E-state index in [1.54, 1.807) is 6.08 Å². The number of hydrogen-bond donors (Lipinski definition) is 3. The van der Waals surface area contributed by atoms with Crippen LogP contribution in [0.15, 0.2) is 30.4 Å². The van der Waals surface area contributed by atoms with Gasteiger partial charge in [-0.05, 0) is 41.5 Å². The lowest BCUT2D eigenvalue weighted by Gasteiger charge is -2.35. The molecule has 1 aliphatic carbocycles. The van der Waals surface area contributed by atoms with Gasteiger partial charge in [-0.2, -0.15) is 0 Å². The summed E-state index contributed by atoms with van der Waals surface area (Å²) in [6.45, 7) is 3.84. The lowest BCUT2D eigenvalue weighted by molar-refractivity contribution is -0.131. The molecule has 0 saturated carbocycles. The van der Waals surface area contributed by atoms with Crippen LogP contribution in [0.25, 0.3) is 6.08 Å². The van der Waals surface area contributed by atoms with Gasteiger partial charge in [-0.25, -0.2) is 4.79 Å². The molecule has 0 aromatic heterocycles. The van der Waals surface area contributed by atoms with Crippen molar-refractivity contribution in [2.45, 2.75) is 44.8 Å². The molecule has 118 valence electrons. The standard InChI is InChI=1S/C18H22O4/c1-12-9-18(2,22)10-13-7-8-14(11-19)15(17(12)13)5-3-4-6-16(20)21/h3-8,12,19,22H,9-11H2,1-2H3,(H,20,21)/t12-,18-/m1/s1. The summed E-state index contributed by atoms with van der Waals surface area (Å²) in [5.74, 6) is -0.820. The molecule has 0 aliphatic heterocycles. The van der Waals surface area contributed by atoms with E-state index in [2.05, 4.69) is 6.92 Å². The molecule has 1 aromatic carbocycles. The van der Waals surface area contributed by atoms with Gasteiger partial charge < -0.3 is 15.3 Å². The molecule has 0 bridgehead atoms. The van der Waals surface area contributed by atoms with E-state index in [0.717, 1.165) is 28.3 Å². The second kappa shape index (κ2) is 6.46. The topological polar surface area (TPSA) is 77.8 Å². The Balaban J connectivity index is 2.46. The predicted octanol–water partition coefficient (Wildman–Crippen LogP) is 2.63. The zero-order valence-corrected chi connectivity index (χ0v) is 12.9. The summed E-state index contributed by atoms with van der Waals surface area (Å²) in [6.07, 6.45) is 7.29. The Morgan fingerprint density at radius 2 is 2.14 bits per heavy atom. The summed E-state index contributed by atoms with van der Waals surface area (Å²) >= 11 is 0. The van der Waals surface area contributed by atoms with E-state index in [1.807, 2.05) is 25.1 Å². The van der Waals surface area contributed by atoms with Crippen molar-refractivity contribution in [3.05, 3.63) is 52.6 Å². The van der Waals surface area contributed by atoms with Gasteiger partial charge >= 0.3 is 5.97 Å². The van der Waals surface area contributed by atoms with Crippen LogP contribution in [-0.2, 0) is 17.8 Å². The molecule has 2 rings (SSSR count). The molecule has 1 aromatic rings. The van der Waals surface area contributed by atoms with Crippen LogP contribution in [0.2, 0.25) is 0 Å². The van der Waals surface area contributed by atoms with Crippen LogP contribution in [0.4, 0.5) is 0 Å². The van der Waals surface area contributed by atoms with Crippen molar-refractivity contribution >= 4 is 12.0 Å². The molecular formula is C18H22O4. The lowest BCUT2D eigenvalue weighted by atomic mass is 9.73. The Labute approximate surface area is 130 Å². The minimum atomic E-state index is -0.994. The van der Waals surface area contributed by atoms with Crippen LogP contribution < -0.4 is 0 Å². The van der Waals surface area contributed by atoms with Gasteiger partial charge in [-0.1, -0.05) is 37.3 Å². The summed E-state index contributed by atoms with van der Waals surface area (Å²) in [4.78, 5) is 10.5. The van der Waals surface area contributed by atoms with Crippen molar-refractivity contribution in [1.29, 1.82) is 0 Å². The van der Waals surface area contributed by atoms with Gasteiger partial charge in [0.15, 0.2) is 0 Å². The second-order valence-electron chi connectivity index (χ2n) is 6.20. The Bertz CT molecular complexity index is 626. The van der Waals surface area contributed by atoms with E-state index >= 15 is 0 Å². The van der Waals surface area contributed by atoms with E-state index in [0.29, 0.717) is 12.8 Å². The Morgan fingerprint density at radius 3 is 2.77 bits per heavy atom. The number of fused-ring (bicyclic) bond motifs is 1. The minimum absolute atomic E-state index is 0.0707. The average Bonchev–Trinajstić information content (AvgIpc) is 2.41. The number of aliphatic carboxylic acids is 1. The van der Waals surface area contributed by atoms with Crippen LogP contribution in [0, 0.1) is 0 Å². The fraction of sp³-hybridized carbons (Fsp3) is 0.389. The largest absolute Gasteiger partial charge is 0.478 e. The third-order valence-electron chi connectivity index (χ3n) is 4.06. The van der Waals surface area contributed by atoms with Gasteiger partial charge in [0.25, 0.3) is 0 Å². The van der Waals surface area contributed by atoms with Crippen LogP contribution in [0.5, 0.6) is 0 Å². The van der Waals surface area contributed by atoms with Gasteiger partial charge in [-0.15, -0.1) is 0 Å². The second-order valence-corrected chi connectivity index (χ2v) is 6.20. The number of allylic oxidation sites excluding steroid dienone is 2. The Hall–Kier alpha value is -1.91. The molecule has 0 radical (unpaired) electrons. The average molecular weight is 302 g/mol. The van der Waals surface area contributed by atoms with E-state index in [-0.39, 0.29) is 12.5 Å². The monoisotopic (exact) mass is 302 g/mol. The van der Waals surface area contributed by atoms with Crippen molar-refractivity contribution in [3.8, 4) is 0 Å².